The number of aliphatic hydroxyl groups excluding tert-OH is 1. The van der Waals surface area contributed by atoms with E-state index in [4.69, 9.17) is 23.2 Å². The van der Waals surface area contributed by atoms with Gasteiger partial charge in [0.2, 0.25) is 0 Å². The highest BCUT2D eigenvalue weighted by Gasteiger charge is 2.25. The van der Waals surface area contributed by atoms with Crippen molar-refractivity contribution in [3.63, 3.8) is 0 Å². The highest BCUT2D eigenvalue weighted by atomic mass is 35.5. The molecule has 1 heterocycles. The van der Waals surface area contributed by atoms with Crippen LogP contribution in [0.3, 0.4) is 0 Å². The number of carboxylic acid groups (broad SMARTS) is 1. The number of hydrogen-bond donors (Lipinski definition) is 4. The minimum Gasteiger partial charge on any atom is -0.481 e. The van der Waals surface area contributed by atoms with E-state index in [0.717, 1.165) is 0 Å². The number of H-pyrrole nitrogens is 1. The lowest BCUT2D eigenvalue weighted by atomic mass is 9.88. The average molecular weight is 463 g/mol. The van der Waals surface area contributed by atoms with E-state index in [9.17, 15) is 19.8 Å². The zero-order valence-electron chi connectivity index (χ0n) is 17.4. The van der Waals surface area contributed by atoms with Gasteiger partial charge in [-0.25, -0.2) is 0 Å². The van der Waals surface area contributed by atoms with Gasteiger partial charge in [0, 0.05) is 10.9 Å². The molecule has 0 fully saturated rings. The van der Waals surface area contributed by atoms with E-state index < -0.39 is 23.8 Å². The van der Waals surface area contributed by atoms with Gasteiger partial charge < -0.3 is 20.5 Å². The summed E-state index contributed by atoms with van der Waals surface area (Å²) in [5.41, 5.74) is 3.03. The van der Waals surface area contributed by atoms with Crippen LogP contribution in [0.15, 0.2) is 36.4 Å². The Labute approximate surface area is 190 Å². The minimum absolute atomic E-state index is 0.0676. The standard InChI is InChI=1S/C23H24Cl2N2O4/c1-11(2)18(23(30)31)14-6-4-13(5-7-14)17(10-28)27-22(29)21-12(3)19-16(26-21)9-8-15(24)20(19)25/h4-9,11,17-18,26,28H,10H2,1-3H3,(H,27,29)(H,30,31)/t17-,18?/m1/s1. The number of aliphatic carboxylic acids is 1. The zero-order valence-corrected chi connectivity index (χ0v) is 18.9. The minimum atomic E-state index is -0.886. The van der Waals surface area contributed by atoms with Crippen LogP contribution in [0.2, 0.25) is 10.0 Å². The number of carbonyl (C=O) groups is 2. The second-order valence-corrected chi connectivity index (χ2v) is 8.63. The maximum Gasteiger partial charge on any atom is 0.311 e. The molecule has 8 heteroatoms. The number of amides is 1. The fraction of sp³-hybridized carbons (Fsp3) is 0.304. The largest absolute Gasteiger partial charge is 0.481 e. The van der Waals surface area contributed by atoms with E-state index in [1.807, 2.05) is 13.8 Å². The van der Waals surface area contributed by atoms with Crippen molar-refractivity contribution in [3.05, 3.63) is 68.8 Å². The van der Waals surface area contributed by atoms with Crippen LogP contribution >= 0.6 is 23.2 Å². The van der Waals surface area contributed by atoms with Crippen LogP contribution in [0.1, 0.15) is 53.0 Å². The first-order chi connectivity index (χ1) is 14.6. The fourth-order valence-corrected chi connectivity index (χ4v) is 4.28. The van der Waals surface area contributed by atoms with Crippen LogP contribution in [0.4, 0.5) is 0 Å². The van der Waals surface area contributed by atoms with Crippen LogP contribution < -0.4 is 5.32 Å². The van der Waals surface area contributed by atoms with E-state index in [2.05, 4.69) is 10.3 Å². The summed E-state index contributed by atoms with van der Waals surface area (Å²) < 4.78 is 0. The van der Waals surface area contributed by atoms with E-state index in [1.165, 1.54) is 0 Å². The average Bonchev–Trinajstić information content (AvgIpc) is 3.06. The second kappa shape index (κ2) is 9.30. The Kier molecular flexibility index (Phi) is 6.94. The zero-order chi connectivity index (χ0) is 22.9. The lowest BCUT2D eigenvalue weighted by molar-refractivity contribution is -0.139. The highest BCUT2D eigenvalue weighted by Crippen LogP contribution is 2.34. The molecule has 3 aromatic rings. The molecule has 0 aliphatic heterocycles. The first kappa shape index (κ1) is 23.1. The molecular weight excluding hydrogens is 439 g/mol. The molecule has 1 amide bonds. The predicted octanol–water partition coefficient (Wildman–Crippen LogP) is 5.07. The van der Waals surface area contributed by atoms with E-state index in [-0.39, 0.29) is 12.5 Å². The Morgan fingerprint density at radius 3 is 2.23 bits per heavy atom. The summed E-state index contributed by atoms with van der Waals surface area (Å²) in [5.74, 6) is -1.97. The third kappa shape index (κ3) is 4.56. The lowest BCUT2D eigenvalue weighted by Gasteiger charge is -2.20. The Hall–Kier alpha value is -2.54. The van der Waals surface area contributed by atoms with Crippen LogP contribution in [0, 0.1) is 12.8 Å². The number of benzene rings is 2. The van der Waals surface area contributed by atoms with Crippen molar-refractivity contribution in [2.24, 2.45) is 5.92 Å². The van der Waals surface area contributed by atoms with Crippen molar-refractivity contribution in [2.45, 2.75) is 32.7 Å². The first-order valence-corrected chi connectivity index (χ1v) is 10.6. The van der Waals surface area contributed by atoms with Gasteiger partial charge in [0.05, 0.1) is 28.6 Å². The number of halogens is 2. The molecular formula is C23H24Cl2N2O4. The molecule has 0 spiro atoms. The quantitative estimate of drug-likeness (QED) is 0.393. The molecule has 1 unspecified atom stereocenters. The van der Waals surface area contributed by atoms with E-state index in [0.29, 0.717) is 43.3 Å². The molecule has 0 bridgehead atoms. The molecule has 0 radical (unpaired) electrons. The molecule has 1 aromatic heterocycles. The molecule has 3 rings (SSSR count). The van der Waals surface area contributed by atoms with Gasteiger partial charge in [-0.1, -0.05) is 61.3 Å². The molecule has 6 nitrogen and oxygen atoms in total. The van der Waals surface area contributed by atoms with E-state index >= 15 is 0 Å². The molecule has 0 saturated heterocycles. The van der Waals surface area contributed by atoms with Gasteiger partial charge in [-0.05, 0) is 41.7 Å². The van der Waals surface area contributed by atoms with E-state index in [1.54, 1.807) is 43.3 Å². The third-order valence-corrected chi connectivity index (χ3v) is 6.25. The summed E-state index contributed by atoms with van der Waals surface area (Å²) in [6.45, 7) is 5.16. The molecule has 164 valence electrons. The van der Waals surface area contributed by atoms with Gasteiger partial charge in [0.1, 0.15) is 5.69 Å². The van der Waals surface area contributed by atoms with Crippen LogP contribution in [-0.4, -0.2) is 33.7 Å². The summed E-state index contributed by atoms with van der Waals surface area (Å²) in [6.07, 6.45) is 0. The molecule has 0 aliphatic rings. The number of carboxylic acids is 1. The predicted molar refractivity (Wildman–Crippen MR) is 122 cm³/mol. The topological polar surface area (TPSA) is 102 Å². The monoisotopic (exact) mass is 462 g/mol. The van der Waals surface area contributed by atoms with Gasteiger partial charge in [-0.15, -0.1) is 0 Å². The summed E-state index contributed by atoms with van der Waals surface area (Å²) in [4.78, 5) is 27.5. The van der Waals surface area contributed by atoms with Crippen molar-refractivity contribution in [3.8, 4) is 0 Å². The van der Waals surface area contributed by atoms with Crippen molar-refractivity contribution in [2.75, 3.05) is 6.61 Å². The molecule has 0 saturated carbocycles. The van der Waals surface area contributed by atoms with Crippen LogP contribution in [0.25, 0.3) is 10.9 Å². The van der Waals surface area contributed by atoms with Gasteiger partial charge in [-0.2, -0.15) is 0 Å². The highest BCUT2D eigenvalue weighted by molar-refractivity contribution is 6.45. The molecule has 31 heavy (non-hydrogen) atoms. The van der Waals surface area contributed by atoms with Gasteiger partial charge >= 0.3 is 5.97 Å². The number of aromatic nitrogens is 1. The van der Waals surface area contributed by atoms with Crippen LogP contribution in [0.5, 0.6) is 0 Å². The van der Waals surface area contributed by atoms with Crippen molar-refractivity contribution in [1.82, 2.24) is 10.3 Å². The number of aryl methyl sites for hydroxylation is 1. The Morgan fingerprint density at radius 1 is 1.06 bits per heavy atom. The normalized spacial score (nSPS) is 13.4. The Balaban J connectivity index is 1.85. The Bertz CT molecular complexity index is 1120. The molecule has 2 atom stereocenters. The maximum absolute atomic E-state index is 12.9. The molecule has 2 aromatic carbocycles. The maximum atomic E-state index is 12.9. The van der Waals surface area contributed by atoms with Crippen molar-refractivity contribution in [1.29, 1.82) is 0 Å². The number of fused-ring (bicyclic) bond motifs is 1. The molecule has 4 N–H and O–H groups in total. The number of nitrogens with one attached hydrogen (secondary N) is 2. The number of rotatable bonds is 7. The van der Waals surface area contributed by atoms with Gasteiger partial charge in [0.25, 0.3) is 5.91 Å². The van der Waals surface area contributed by atoms with Crippen molar-refractivity contribution < 1.29 is 19.8 Å². The van der Waals surface area contributed by atoms with Crippen molar-refractivity contribution >= 4 is 46.0 Å². The lowest BCUT2D eigenvalue weighted by Crippen LogP contribution is -2.31. The fourth-order valence-electron chi connectivity index (χ4n) is 3.81. The van der Waals surface area contributed by atoms with Crippen LogP contribution in [-0.2, 0) is 4.79 Å². The summed E-state index contributed by atoms with van der Waals surface area (Å²) in [6, 6.07) is 9.64. The summed E-state index contributed by atoms with van der Waals surface area (Å²) in [7, 11) is 0. The number of carbonyl (C=O) groups excluding carboxylic acids is 1. The second-order valence-electron chi connectivity index (χ2n) is 7.84. The molecule has 0 aliphatic carbocycles. The summed E-state index contributed by atoms with van der Waals surface area (Å²) in [5, 5.41) is 23.6. The number of hydrogen-bond acceptors (Lipinski definition) is 3. The SMILES string of the molecule is Cc1c(C(=O)N[C@H](CO)c2ccc(C(C(=O)O)C(C)C)cc2)[nH]c2ccc(Cl)c(Cl)c12. The Morgan fingerprint density at radius 2 is 1.68 bits per heavy atom. The van der Waals surface area contributed by atoms with Gasteiger partial charge in [0.15, 0.2) is 0 Å². The number of aromatic amines is 1. The van der Waals surface area contributed by atoms with Gasteiger partial charge in [-0.3, -0.25) is 9.59 Å². The smallest absolute Gasteiger partial charge is 0.311 e. The number of aliphatic hydroxyl groups is 1. The summed E-state index contributed by atoms with van der Waals surface area (Å²) >= 11 is 12.4. The third-order valence-electron chi connectivity index (χ3n) is 5.45. The first-order valence-electron chi connectivity index (χ1n) is 9.86.